The van der Waals surface area contributed by atoms with Crippen molar-refractivity contribution in [1.82, 2.24) is 0 Å². The van der Waals surface area contributed by atoms with E-state index in [1.165, 1.54) is 12.8 Å². The first-order valence-corrected chi connectivity index (χ1v) is 4.99. The molecule has 2 atom stereocenters. The molecule has 0 aromatic carbocycles. The van der Waals surface area contributed by atoms with Gasteiger partial charge in [0, 0.05) is 0 Å². The fourth-order valence-electron chi connectivity index (χ4n) is 2.02. The lowest BCUT2D eigenvalue weighted by Gasteiger charge is -2.27. The summed E-state index contributed by atoms with van der Waals surface area (Å²) in [5.74, 6) is 2.12. The Morgan fingerprint density at radius 1 is 1.50 bits per heavy atom. The van der Waals surface area contributed by atoms with Crippen molar-refractivity contribution in [3.05, 3.63) is 24.3 Å². The van der Waals surface area contributed by atoms with Crippen molar-refractivity contribution >= 4 is 0 Å². The minimum atomic E-state index is 0.654. The van der Waals surface area contributed by atoms with E-state index in [0.717, 1.165) is 5.92 Å². The SMILES string of the molecule is C=CC1CC[C@H](C)C=C1C(C)C. The zero-order chi connectivity index (χ0) is 9.14. The van der Waals surface area contributed by atoms with E-state index in [0.29, 0.717) is 11.8 Å². The van der Waals surface area contributed by atoms with E-state index < -0.39 is 0 Å². The summed E-state index contributed by atoms with van der Waals surface area (Å²) in [5.41, 5.74) is 1.60. The van der Waals surface area contributed by atoms with Crippen molar-refractivity contribution < 1.29 is 0 Å². The summed E-state index contributed by atoms with van der Waals surface area (Å²) in [6, 6.07) is 0. The Bertz CT molecular complexity index is 186. The Balaban J connectivity index is 2.79. The lowest BCUT2D eigenvalue weighted by Crippen LogP contribution is -2.14. The summed E-state index contributed by atoms with van der Waals surface area (Å²) in [6.45, 7) is 10.8. The maximum absolute atomic E-state index is 3.90. The molecule has 0 aromatic heterocycles. The molecule has 0 bridgehead atoms. The smallest absolute Gasteiger partial charge is 0.00231 e. The van der Waals surface area contributed by atoms with Crippen LogP contribution in [0.25, 0.3) is 0 Å². The summed E-state index contributed by atoms with van der Waals surface area (Å²) >= 11 is 0. The van der Waals surface area contributed by atoms with Gasteiger partial charge in [0.25, 0.3) is 0 Å². The predicted octanol–water partition coefficient (Wildman–Crippen LogP) is 3.80. The maximum atomic E-state index is 3.90. The van der Waals surface area contributed by atoms with Crippen LogP contribution in [0.4, 0.5) is 0 Å². The second-order valence-electron chi connectivity index (χ2n) is 4.22. The third-order valence-electron chi connectivity index (χ3n) is 2.79. The average Bonchev–Trinajstić information content (AvgIpc) is 2.04. The molecule has 0 saturated carbocycles. The van der Waals surface area contributed by atoms with Crippen molar-refractivity contribution in [1.29, 1.82) is 0 Å². The van der Waals surface area contributed by atoms with Gasteiger partial charge in [-0.1, -0.05) is 38.5 Å². The summed E-state index contributed by atoms with van der Waals surface area (Å²) < 4.78 is 0. The van der Waals surface area contributed by atoms with E-state index >= 15 is 0 Å². The largest absolute Gasteiger partial charge is 0.102 e. The van der Waals surface area contributed by atoms with Gasteiger partial charge in [0.15, 0.2) is 0 Å². The average molecular weight is 164 g/mol. The molecule has 0 heteroatoms. The molecule has 0 spiro atoms. The van der Waals surface area contributed by atoms with Gasteiger partial charge in [-0.3, -0.25) is 0 Å². The molecule has 0 fully saturated rings. The molecule has 12 heavy (non-hydrogen) atoms. The Hall–Kier alpha value is -0.520. The van der Waals surface area contributed by atoms with Crippen molar-refractivity contribution in [2.45, 2.75) is 33.6 Å². The molecule has 0 saturated heterocycles. The van der Waals surface area contributed by atoms with E-state index in [-0.39, 0.29) is 0 Å². The van der Waals surface area contributed by atoms with Crippen LogP contribution in [0.1, 0.15) is 33.6 Å². The van der Waals surface area contributed by atoms with Crippen LogP contribution >= 0.6 is 0 Å². The summed E-state index contributed by atoms with van der Waals surface area (Å²) in [5, 5.41) is 0. The van der Waals surface area contributed by atoms with Gasteiger partial charge in [-0.25, -0.2) is 0 Å². The second kappa shape index (κ2) is 3.93. The molecule has 68 valence electrons. The van der Waals surface area contributed by atoms with Crippen LogP contribution in [0.3, 0.4) is 0 Å². The number of allylic oxidation sites excluding steroid dienone is 3. The van der Waals surface area contributed by atoms with Gasteiger partial charge in [0.05, 0.1) is 0 Å². The molecule has 1 unspecified atom stereocenters. The van der Waals surface area contributed by atoms with E-state index in [4.69, 9.17) is 0 Å². The Labute approximate surface area is 76.4 Å². The molecule has 0 radical (unpaired) electrons. The quantitative estimate of drug-likeness (QED) is 0.544. The third-order valence-corrected chi connectivity index (χ3v) is 2.79. The predicted molar refractivity (Wildman–Crippen MR) is 55.0 cm³/mol. The number of hydrogen-bond acceptors (Lipinski definition) is 0. The topological polar surface area (TPSA) is 0 Å². The molecule has 0 heterocycles. The third kappa shape index (κ3) is 2.00. The van der Waals surface area contributed by atoms with Crippen LogP contribution in [0.15, 0.2) is 24.3 Å². The first-order chi connectivity index (χ1) is 5.65. The van der Waals surface area contributed by atoms with Gasteiger partial charge in [0.2, 0.25) is 0 Å². The monoisotopic (exact) mass is 164 g/mol. The molecular formula is C12H20. The maximum Gasteiger partial charge on any atom is -0.00231 e. The van der Waals surface area contributed by atoms with Crippen LogP contribution in [-0.2, 0) is 0 Å². The second-order valence-corrected chi connectivity index (χ2v) is 4.22. The van der Waals surface area contributed by atoms with Gasteiger partial charge >= 0.3 is 0 Å². The van der Waals surface area contributed by atoms with Crippen LogP contribution < -0.4 is 0 Å². The highest BCUT2D eigenvalue weighted by atomic mass is 14.2. The van der Waals surface area contributed by atoms with Gasteiger partial charge < -0.3 is 0 Å². The minimum Gasteiger partial charge on any atom is -0.102 e. The fourth-order valence-corrected chi connectivity index (χ4v) is 2.02. The molecule has 0 nitrogen and oxygen atoms in total. The zero-order valence-electron chi connectivity index (χ0n) is 8.51. The lowest BCUT2D eigenvalue weighted by atomic mass is 9.78. The van der Waals surface area contributed by atoms with E-state index in [9.17, 15) is 0 Å². The number of rotatable bonds is 2. The van der Waals surface area contributed by atoms with E-state index in [1.54, 1.807) is 5.57 Å². The first-order valence-electron chi connectivity index (χ1n) is 4.99. The molecule has 0 aliphatic heterocycles. The Morgan fingerprint density at radius 3 is 2.67 bits per heavy atom. The van der Waals surface area contributed by atoms with Crippen LogP contribution in [0.2, 0.25) is 0 Å². The Morgan fingerprint density at radius 2 is 2.17 bits per heavy atom. The van der Waals surface area contributed by atoms with Crippen LogP contribution in [0.5, 0.6) is 0 Å². The molecule has 0 N–H and O–H groups in total. The molecule has 0 amide bonds. The highest BCUT2D eigenvalue weighted by Crippen LogP contribution is 2.33. The van der Waals surface area contributed by atoms with Crippen molar-refractivity contribution in [2.24, 2.45) is 17.8 Å². The van der Waals surface area contributed by atoms with E-state index in [2.05, 4.69) is 39.5 Å². The van der Waals surface area contributed by atoms with Gasteiger partial charge in [-0.05, 0) is 30.6 Å². The zero-order valence-corrected chi connectivity index (χ0v) is 8.51. The highest BCUT2D eigenvalue weighted by molar-refractivity contribution is 5.18. The standard InChI is InChI=1S/C12H20/c1-5-11-7-6-10(4)8-12(11)9(2)3/h5,8-11H,1,6-7H2,2-4H3/t10-,11?/m0/s1. The number of hydrogen-bond donors (Lipinski definition) is 0. The summed E-state index contributed by atoms with van der Waals surface area (Å²) in [4.78, 5) is 0. The molecule has 1 aliphatic carbocycles. The molecule has 1 aliphatic rings. The Kier molecular flexibility index (Phi) is 3.13. The van der Waals surface area contributed by atoms with Gasteiger partial charge in [0.1, 0.15) is 0 Å². The summed E-state index contributed by atoms with van der Waals surface area (Å²) in [7, 11) is 0. The lowest BCUT2D eigenvalue weighted by molar-refractivity contribution is 0.472. The van der Waals surface area contributed by atoms with E-state index in [1.807, 2.05) is 0 Å². The van der Waals surface area contributed by atoms with Crippen molar-refractivity contribution in [3.8, 4) is 0 Å². The van der Waals surface area contributed by atoms with Crippen LogP contribution in [0, 0.1) is 17.8 Å². The van der Waals surface area contributed by atoms with Gasteiger partial charge in [-0.15, -0.1) is 6.58 Å². The molecule has 0 aromatic rings. The van der Waals surface area contributed by atoms with Gasteiger partial charge in [-0.2, -0.15) is 0 Å². The summed E-state index contributed by atoms with van der Waals surface area (Å²) in [6.07, 6.45) is 7.18. The molecule has 1 rings (SSSR count). The van der Waals surface area contributed by atoms with Crippen LogP contribution in [-0.4, -0.2) is 0 Å². The first kappa shape index (κ1) is 9.57. The van der Waals surface area contributed by atoms with Crippen molar-refractivity contribution in [2.75, 3.05) is 0 Å². The molecular weight excluding hydrogens is 144 g/mol. The minimum absolute atomic E-state index is 0.654. The fraction of sp³-hybridized carbons (Fsp3) is 0.667. The normalized spacial score (nSPS) is 30.2. The highest BCUT2D eigenvalue weighted by Gasteiger charge is 2.19. The van der Waals surface area contributed by atoms with Crippen molar-refractivity contribution in [3.63, 3.8) is 0 Å².